The molecule has 6 heteroatoms. The minimum absolute atomic E-state index is 0.180. The first kappa shape index (κ1) is 12.0. The fourth-order valence-corrected chi connectivity index (χ4v) is 2.93. The molecule has 4 rings (SSSR count). The summed E-state index contributed by atoms with van der Waals surface area (Å²) in [6.45, 7) is 0. The van der Waals surface area contributed by atoms with Gasteiger partial charge in [0, 0.05) is 11.6 Å². The van der Waals surface area contributed by atoms with Gasteiger partial charge in [-0.15, -0.1) is 5.10 Å². The largest absolute Gasteiger partial charge is 0.465 e. The summed E-state index contributed by atoms with van der Waals surface area (Å²) in [6.07, 6.45) is 3.27. The van der Waals surface area contributed by atoms with Crippen molar-refractivity contribution in [2.24, 2.45) is 0 Å². The Balaban J connectivity index is 1.87. The molecule has 0 atom stereocenters. The molecule has 3 heterocycles. The van der Waals surface area contributed by atoms with Gasteiger partial charge in [-0.2, -0.15) is 9.50 Å². The van der Waals surface area contributed by atoms with Gasteiger partial charge in [-0.1, -0.05) is 41.7 Å². The second kappa shape index (κ2) is 4.68. The zero-order chi connectivity index (χ0) is 14.2. The van der Waals surface area contributed by atoms with Crippen LogP contribution in [0.5, 0.6) is 0 Å². The molecule has 0 unspecified atom stereocenters. The average Bonchev–Trinajstić information content (AvgIpc) is 3.21. The first-order chi connectivity index (χ1) is 10.3. The van der Waals surface area contributed by atoms with Crippen LogP contribution in [-0.4, -0.2) is 14.6 Å². The number of aromatic nitrogens is 3. The second-order valence-electron chi connectivity index (χ2n) is 4.43. The van der Waals surface area contributed by atoms with Crippen LogP contribution in [0.15, 0.2) is 57.9 Å². The van der Waals surface area contributed by atoms with E-state index in [0.29, 0.717) is 21.1 Å². The normalized spacial score (nSPS) is 12.3. The van der Waals surface area contributed by atoms with Crippen molar-refractivity contribution in [2.45, 2.75) is 0 Å². The zero-order valence-corrected chi connectivity index (χ0v) is 11.6. The van der Waals surface area contributed by atoms with Crippen LogP contribution >= 0.6 is 11.3 Å². The van der Waals surface area contributed by atoms with E-state index in [9.17, 15) is 4.79 Å². The summed E-state index contributed by atoms with van der Waals surface area (Å²) in [5.74, 6) is 1.20. The molecule has 0 aliphatic heterocycles. The molecule has 0 saturated heterocycles. The van der Waals surface area contributed by atoms with E-state index >= 15 is 0 Å². The van der Waals surface area contributed by atoms with Crippen molar-refractivity contribution in [3.8, 4) is 11.4 Å². The molecule has 5 nitrogen and oxygen atoms in total. The van der Waals surface area contributed by atoms with Crippen LogP contribution in [0, 0.1) is 0 Å². The molecule has 102 valence electrons. The van der Waals surface area contributed by atoms with Crippen LogP contribution in [0.2, 0.25) is 0 Å². The third-order valence-corrected chi connectivity index (χ3v) is 3.99. The van der Waals surface area contributed by atoms with Crippen molar-refractivity contribution in [3.05, 3.63) is 69.4 Å². The molecule has 3 aromatic heterocycles. The molecule has 0 saturated carbocycles. The van der Waals surface area contributed by atoms with Gasteiger partial charge in [0.1, 0.15) is 10.3 Å². The topological polar surface area (TPSA) is 60.4 Å². The van der Waals surface area contributed by atoms with Gasteiger partial charge in [0.25, 0.3) is 5.56 Å². The maximum atomic E-state index is 12.3. The number of hydrogen-bond acceptors (Lipinski definition) is 5. The third kappa shape index (κ3) is 2.05. The Hall–Kier alpha value is -2.73. The van der Waals surface area contributed by atoms with E-state index in [2.05, 4.69) is 10.1 Å². The summed E-state index contributed by atoms with van der Waals surface area (Å²) in [5, 5.41) is 4.29. The van der Waals surface area contributed by atoms with E-state index in [0.717, 1.165) is 5.56 Å². The number of furan rings is 1. The van der Waals surface area contributed by atoms with Gasteiger partial charge >= 0.3 is 0 Å². The maximum Gasteiger partial charge on any atom is 0.291 e. The predicted molar refractivity (Wildman–Crippen MR) is 80.1 cm³/mol. The Labute approximate surface area is 122 Å². The smallest absolute Gasteiger partial charge is 0.291 e. The summed E-state index contributed by atoms with van der Waals surface area (Å²) < 4.78 is 7.11. The highest BCUT2D eigenvalue weighted by atomic mass is 32.1. The zero-order valence-electron chi connectivity index (χ0n) is 10.8. The molecular weight excluding hydrogens is 286 g/mol. The van der Waals surface area contributed by atoms with Crippen LogP contribution in [0.25, 0.3) is 22.4 Å². The monoisotopic (exact) mass is 295 g/mol. The van der Waals surface area contributed by atoms with E-state index in [1.54, 1.807) is 24.5 Å². The lowest BCUT2D eigenvalue weighted by Gasteiger charge is -1.91. The van der Waals surface area contributed by atoms with E-state index in [1.165, 1.54) is 15.9 Å². The lowest BCUT2D eigenvalue weighted by atomic mass is 10.2. The van der Waals surface area contributed by atoms with Crippen LogP contribution in [0.1, 0.15) is 5.76 Å². The lowest BCUT2D eigenvalue weighted by molar-refractivity contribution is 0.556. The number of hydrogen-bond donors (Lipinski definition) is 0. The van der Waals surface area contributed by atoms with Gasteiger partial charge in [0.15, 0.2) is 5.82 Å². The molecule has 0 radical (unpaired) electrons. The van der Waals surface area contributed by atoms with Gasteiger partial charge < -0.3 is 4.42 Å². The van der Waals surface area contributed by atoms with E-state index < -0.39 is 0 Å². The summed E-state index contributed by atoms with van der Waals surface area (Å²) in [6, 6.07) is 13.2. The van der Waals surface area contributed by atoms with Gasteiger partial charge in [0.05, 0.1) is 6.26 Å². The first-order valence-corrected chi connectivity index (χ1v) is 7.13. The van der Waals surface area contributed by atoms with Crippen molar-refractivity contribution < 1.29 is 4.42 Å². The maximum absolute atomic E-state index is 12.3. The van der Waals surface area contributed by atoms with Crippen molar-refractivity contribution in [1.29, 1.82) is 0 Å². The molecule has 0 N–H and O–H groups in total. The molecule has 0 aliphatic carbocycles. The highest BCUT2D eigenvalue weighted by Crippen LogP contribution is 2.15. The Morgan fingerprint density at radius 2 is 2.00 bits per heavy atom. The molecule has 0 bridgehead atoms. The molecule has 1 aromatic carbocycles. The fraction of sp³-hybridized carbons (Fsp3) is 0. The predicted octanol–water partition coefficient (Wildman–Crippen LogP) is 1.96. The Morgan fingerprint density at radius 1 is 1.14 bits per heavy atom. The minimum atomic E-state index is -0.180. The Morgan fingerprint density at radius 3 is 2.71 bits per heavy atom. The number of fused-ring (bicyclic) bond motifs is 1. The first-order valence-electron chi connectivity index (χ1n) is 6.31. The molecular formula is C15H9N3O2S. The highest BCUT2D eigenvalue weighted by Gasteiger charge is 2.11. The molecule has 0 amide bonds. The fourth-order valence-electron chi connectivity index (χ4n) is 2.05. The molecule has 0 fully saturated rings. The standard InChI is InChI=1S/C15H9N3O2S/c19-14-12(9-11-7-4-8-20-11)21-15-16-13(17-18(14)15)10-5-2-1-3-6-10/h1-9H/b12-9+. The van der Waals surface area contributed by atoms with E-state index in [1.807, 2.05) is 30.3 Å². The molecule has 4 aromatic rings. The van der Waals surface area contributed by atoms with Crippen molar-refractivity contribution >= 4 is 22.4 Å². The quantitative estimate of drug-likeness (QED) is 0.567. The second-order valence-corrected chi connectivity index (χ2v) is 5.44. The molecule has 0 aliphatic rings. The molecule has 21 heavy (non-hydrogen) atoms. The summed E-state index contributed by atoms with van der Waals surface area (Å²) in [5.41, 5.74) is 0.713. The van der Waals surface area contributed by atoms with Gasteiger partial charge in [-0.05, 0) is 12.1 Å². The summed E-state index contributed by atoms with van der Waals surface area (Å²) in [7, 11) is 0. The minimum Gasteiger partial charge on any atom is -0.465 e. The number of thiazole rings is 1. The van der Waals surface area contributed by atoms with Crippen LogP contribution in [0.4, 0.5) is 0 Å². The van der Waals surface area contributed by atoms with E-state index in [-0.39, 0.29) is 5.56 Å². The number of benzene rings is 1. The Kier molecular flexibility index (Phi) is 2.68. The average molecular weight is 295 g/mol. The van der Waals surface area contributed by atoms with Crippen molar-refractivity contribution in [1.82, 2.24) is 14.6 Å². The SMILES string of the molecule is O=c1/c(=C\c2ccco2)sc2nc(-c3ccccc3)nn12. The van der Waals surface area contributed by atoms with Gasteiger partial charge in [-0.25, -0.2) is 0 Å². The van der Waals surface area contributed by atoms with Crippen LogP contribution in [0.3, 0.4) is 0 Å². The van der Waals surface area contributed by atoms with Crippen molar-refractivity contribution in [3.63, 3.8) is 0 Å². The van der Waals surface area contributed by atoms with Crippen LogP contribution in [-0.2, 0) is 0 Å². The third-order valence-electron chi connectivity index (χ3n) is 3.03. The van der Waals surface area contributed by atoms with Gasteiger partial charge in [-0.3, -0.25) is 4.79 Å². The highest BCUT2D eigenvalue weighted by molar-refractivity contribution is 7.15. The van der Waals surface area contributed by atoms with Crippen LogP contribution < -0.4 is 10.1 Å². The van der Waals surface area contributed by atoms with E-state index in [4.69, 9.17) is 4.42 Å². The number of nitrogens with zero attached hydrogens (tertiary/aromatic N) is 3. The summed E-state index contributed by atoms with van der Waals surface area (Å²) in [4.78, 5) is 17.3. The van der Waals surface area contributed by atoms with Gasteiger partial charge in [0.2, 0.25) is 4.96 Å². The summed E-state index contributed by atoms with van der Waals surface area (Å²) >= 11 is 1.30. The Bertz CT molecular complexity index is 1000. The van der Waals surface area contributed by atoms with Crippen molar-refractivity contribution in [2.75, 3.05) is 0 Å². The lowest BCUT2D eigenvalue weighted by Crippen LogP contribution is -2.23. The number of rotatable bonds is 2. The molecule has 0 spiro atoms.